The Kier molecular flexibility index (Phi) is 5.37. The van der Waals surface area contributed by atoms with Gasteiger partial charge < -0.3 is 21.1 Å². The minimum absolute atomic E-state index is 0.0683. The third-order valence-electron chi connectivity index (χ3n) is 2.21. The lowest BCUT2D eigenvalue weighted by molar-refractivity contribution is -0.127. The summed E-state index contributed by atoms with van der Waals surface area (Å²) in [6, 6.07) is 6.72. The molecule has 1 rings (SSSR count). The van der Waals surface area contributed by atoms with Gasteiger partial charge >= 0.3 is 0 Å². The van der Waals surface area contributed by atoms with Crippen molar-refractivity contribution in [2.75, 3.05) is 18.9 Å². The number of ether oxygens (including phenoxy) is 1. The molecule has 0 aliphatic heterocycles. The van der Waals surface area contributed by atoms with Gasteiger partial charge in [0.15, 0.2) is 6.61 Å². The van der Waals surface area contributed by atoms with Crippen molar-refractivity contribution in [3.05, 3.63) is 24.3 Å². The summed E-state index contributed by atoms with van der Waals surface area (Å²) in [7, 11) is 0. The second-order valence-corrected chi connectivity index (χ2v) is 5.43. The standard InChI is InChI=1S/C14H21N3O3/c1-14(2,3)17-12(18)8-16-13(19)9-20-11-6-4-10(15)5-7-11/h4-7H,8-9,15H2,1-3H3,(H,16,19)(H,17,18). The number of anilines is 1. The fourth-order valence-electron chi connectivity index (χ4n) is 1.41. The Hall–Kier alpha value is -2.24. The molecule has 2 amide bonds. The van der Waals surface area contributed by atoms with E-state index >= 15 is 0 Å². The Morgan fingerprint density at radius 1 is 1.15 bits per heavy atom. The van der Waals surface area contributed by atoms with E-state index in [4.69, 9.17) is 10.5 Å². The highest BCUT2D eigenvalue weighted by Crippen LogP contribution is 2.12. The molecule has 4 N–H and O–H groups in total. The first-order chi connectivity index (χ1) is 9.26. The molecule has 6 nitrogen and oxygen atoms in total. The van der Waals surface area contributed by atoms with Crippen LogP contribution in [0.15, 0.2) is 24.3 Å². The molecule has 0 atom stereocenters. The molecule has 0 saturated carbocycles. The predicted octanol–water partition coefficient (Wildman–Crippen LogP) is 0.679. The lowest BCUT2D eigenvalue weighted by Crippen LogP contribution is -2.46. The first-order valence-electron chi connectivity index (χ1n) is 6.32. The van der Waals surface area contributed by atoms with E-state index in [1.807, 2.05) is 20.8 Å². The summed E-state index contributed by atoms with van der Waals surface area (Å²) >= 11 is 0. The Bertz CT molecular complexity index is 464. The average molecular weight is 279 g/mol. The first kappa shape index (κ1) is 15.8. The number of nitrogens with one attached hydrogen (secondary N) is 2. The monoisotopic (exact) mass is 279 g/mol. The lowest BCUT2D eigenvalue weighted by Gasteiger charge is -2.20. The van der Waals surface area contributed by atoms with Gasteiger partial charge in [-0.25, -0.2) is 0 Å². The highest BCUT2D eigenvalue weighted by atomic mass is 16.5. The molecule has 0 spiro atoms. The third kappa shape index (κ3) is 6.63. The van der Waals surface area contributed by atoms with Crippen molar-refractivity contribution in [3.63, 3.8) is 0 Å². The van der Waals surface area contributed by atoms with Crippen LogP contribution in [-0.4, -0.2) is 30.5 Å². The van der Waals surface area contributed by atoms with Crippen LogP contribution in [0.25, 0.3) is 0 Å². The van der Waals surface area contributed by atoms with Crippen molar-refractivity contribution in [2.45, 2.75) is 26.3 Å². The maximum absolute atomic E-state index is 11.5. The number of nitrogens with two attached hydrogens (primary N) is 1. The van der Waals surface area contributed by atoms with E-state index in [0.29, 0.717) is 11.4 Å². The summed E-state index contributed by atoms with van der Waals surface area (Å²) in [6.07, 6.45) is 0. The smallest absolute Gasteiger partial charge is 0.258 e. The van der Waals surface area contributed by atoms with Gasteiger partial charge in [-0.2, -0.15) is 0 Å². The SMILES string of the molecule is CC(C)(C)NC(=O)CNC(=O)COc1ccc(N)cc1. The summed E-state index contributed by atoms with van der Waals surface area (Å²) < 4.78 is 5.26. The number of rotatable bonds is 5. The number of amides is 2. The van der Waals surface area contributed by atoms with Crippen molar-refractivity contribution in [1.29, 1.82) is 0 Å². The van der Waals surface area contributed by atoms with Crippen LogP contribution in [-0.2, 0) is 9.59 Å². The summed E-state index contributed by atoms with van der Waals surface area (Å²) in [5, 5.41) is 5.23. The van der Waals surface area contributed by atoms with E-state index in [-0.39, 0.29) is 30.5 Å². The largest absolute Gasteiger partial charge is 0.484 e. The van der Waals surface area contributed by atoms with Crippen molar-refractivity contribution in [1.82, 2.24) is 10.6 Å². The van der Waals surface area contributed by atoms with Crippen LogP contribution < -0.4 is 21.1 Å². The molecule has 0 radical (unpaired) electrons. The summed E-state index contributed by atoms with van der Waals surface area (Å²) in [6.45, 7) is 5.40. The second-order valence-electron chi connectivity index (χ2n) is 5.43. The van der Waals surface area contributed by atoms with Gasteiger partial charge in [-0.15, -0.1) is 0 Å². The number of benzene rings is 1. The minimum Gasteiger partial charge on any atom is -0.484 e. The van der Waals surface area contributed by atoms with Gasteiger partial charge in [0, 0.05) is 11.2 Å². The van der Waals surface area contributed by atoms with Crippen molar-refractivity contribution in [3.8, 4) is 5.75 Å². The molecule has 1 aromatic carbocycles. The van der Waals surface area contributed by atoms with Crippen LogP contribution in [0.2, 0.25) is 0 Å². The molecule has 0 saturated heterocycles. The summed E-state index contributed by atoms with van der Waals surface area (Å²) in [5.41, 5.74) is 5.84. The molecule has 1 aromatic rings. The maximum atomic E-state index is 11.5. The van der Waals surface area contributed by atoms with Crippen molar-refractivity contribution < 1.29 is 14.3 Å². The van der Waals surface area contributed by atoms with Crippen LogP contribution in [0.5, 0.6) is 5.75 Å². The van der Waals surface area contributed by atoms with Gasteiger partial charge in [0.25, 0.3) is 5.91 Å². The molecule has 20 heavy (non-hydrogen) atoms. The Morgan fingerprint density at radius 2 is 1.75 bits per heavy atom. The lowest BCUT2D eigenvalue weighted by atomic mass is 10.1. The molecule has 110 valence electrons. The van der Waals surface area contributed by atoms with Gasteiger partial charge in [-0.1, -0.05) is 0 Å². The van der Waals surface area contributed by atoms with E-state index in [1.165, 1.54) is 0 Å². The highest BCUT2D eigenvalue weighted by molar-refractivity contribution is 5.85. The van der Waals surface area contributed by atoms with Crippen LogP contribution in [0, 0.1) is 0 Å². The van der Waals surface area contributed by atoms with Gasteiger partial charge in [0.2, 0.25) is 5.91 Å². The molecule has 0 bridgehead atoms. The van der Waals surface area contributed by atoms with E-state index in [9.17, 15) is 9.59 Å². The number of hydrogen-bond acceptors (Lipinski definition) is 4. The molecule has 0 fully saturated rings. The van der Waals surface area contributed by atoms with Crippen LogP contribution in [0.3, 0.4) is 0 Å². The highest BCUT2D eigenvalue weighted by Gasteiger charge is 2.14. The summed E-state index contributed by atoms with van der Waals surface area (Å²) in [4.78, 5) is 23.0. The Labute approximate surface area is 118 Å². The molecular formula is C14H21N3O3. The van der Waals surface area contributed by atoms with Crippen LogP contribution >= 0.6 is 0 Å². The molecule has 0 heterocycles. The Balaban J connectivity index is 2.27. The molecule has 0 aliphatic carbocycles. The number of carbonyl (C=O) groups is 2. The maximum Gasteiger partial charge on any atom is 0.258 e. The van der Waals surface area contributed by atoms with Gasteiger partial charge in [0.05, 0.1) is 6.54 Å². The fraction of sp³-hybridized carbons (Fsp3) is 0.429. The molecule has 0 unspecified atom stereocenters. The molecular weight excluding hydrogens is 258 g/mol. The van der Waals surface area contributed by atoms with Gasteiger partial charge in [0.1, 0.15) is 5.75 Å². The quantitative estimate of drug-likeness (QED) is 0.691. The molecule has 0 aromatic heterocycles. The van der Waals surface area contributed by atoms with E-state index in [1.54, 1.807) is 24.3 Å². The zero-order chi connectivity index (χ0) is 15.2. The molecule has 0 aliphatic rings. The van der Waals surface area contributed by atoms with Crippen LogP contribution in [0.4, 0.5) is 5.69 Å². The summed E-state index contributed by atoms with van der Waals surface area (Å²) in [5.74, 6) is -0.0438. The zero-order valence-corrected chi connectivity index (χ0v) is 12.0. The number of nitrogen functional groups attached to an aromatic ring is 1. The van der Waals surface area contributed by atoms with Gasteiger partial charge in [-0.3, -0.25) is 9.59 Å². The minimum atomic E-state index is -0.356. The number of carbonyl (C=O) groups excluding carboxylic acids is 2. The average Bonchev–Trinajstić information content (AvgIpc) is 2.33. The van der Waals surface area contributed by atoms with E-state index in [2.05, 4.69) is 10.6 Å². The second kappa shape index (κ2) is 6.79. The van der Waals surface area contributed by atoms with Crippen molar-refractivity contribution >= 4 is 17.5 Å². The number of hydrogen-bond donors (Lipinski definition) is 3. The van der Waals surface area contributed by atoms with Crippen LogP contribution in [0.1, 0.15) is 20.8 Å². The normalized spacial score (nSPS) is 10.8. The van der Waals surface area contributed by atoms with Crippen molar-refractivity contribution in [2.24, 2.45) is 0 Å². The van der Waals surface area contributed by atoms with E-state index < -0.39 is 0 Å². The Morgan fingerprint density at radius 3 is 2.30 bits per heavy atom. The predicted molar refractivity (Wildman–Crippen MR) is 77.3 cm³/mol. The zero-order valence-electron chi connectivity index (χ0n) is 12.0. The molecule has 6 heteroatoms. The van der Waals surface area contributed by atoms with Gasteiger partial charge in [-0.05, 0) is 45.0 Å². The fourth-order valence-corrected chi connectivity index (χ4v) is 1.41. The first-order valence-corrected chi connectivity index (χ1v) is 6.32. The van der Waals surface area contributed by atoms with E-state index in [0.717, 1.165) is 0 Å². The topological polar surface area (TPSA) is 93.5 Å². The third-order valence-corrected chi connectivity index (χ3v) is 2.21.